The van der Waals surface area contributed by atoms with Crippen molar-refractivity contribution in [1.82, 2.24) is 0 Å². The fourth-order valence-electron chi connectivity index (χ4n) is 10.3. The molecular weight excluding hydrogens is 787 g/mol. The molecule has 0 spiro atoms. The van der Waals surface area contributed by atoms with E-state index in [1.807, 2.05) is 24.3 Å². The monoisotopic (exact) mass is 829 g/mol. The molecule has 0 radical (unpaired) electrons. The highest BCUT2D eigenvalue weighted by Gasteiger charge is 2.43. The number of benzene rings is 5. The summed E-state index contributed by atoms with van der Waals surface area (Å²) in [4.78, 5) is 41.8. The van der Waals surface area contributed by atoms with Crippen LogP contribution in [0, 0.1) is 11.3 Å². The molecular formula is C53H43N5O5. The van der Waals surface area contributed by atoms with Gasteiger partial charge in [-0.05, 0) is 132 Å². The third-order valence-corrected chi connectivity index (χ3v) is 13.1. The predicted molar refractivity (Wildman–Crippen MR) is 247 cm³/mol. The predicted octanol–water partition coefficient (Wildman–Crippen LogP) is 10.9. The summed E-state index contributed by atoms with van der Waals surface area (Å²) in [6.45, 7) is 0. The maximum atomic E-state index is 13.5. The van der Waals surface area contributed by atoms with Crippen LogP contribution in [-0.4, -0.2) is 45.9 Å². The number of fused-ring (bicyclic) bond motifs is 6. The van der Waals surface area contributed by atoms with Gasteiger partial charge in [-0.3, -0.25) is 4.79 Å². The number of carbonyl (C=O) groups excluding carboxylic acids is 1. The Balaban J connectivity index is 0.843. The molecule has 5 aliphatic rings. The summed E-state index contributed by atoms with van der Waals surface area (Å²) < 4.78 is 0. The van der Waals surface area contributed by atoms with E-state index in [1.165, 1.54) is 35.0 Å². The van der Waals surface area contributed by atoms with Crippen LogP contribution in [0.5, 0.6) is 0 Å². The van der Waals surface area contributed by atoms with E-state index in [0.29, 0.717) is 29.6 Å². The standard InChI is InChI=1S/C53H43N5O5/c54-32-37(52(60)61)8-4-7-35-21-27-48-43(29-35)41-11-5-13-46(41)56(48)38-23-17-33(18-24-38)15-16-34-19-25-39(26-20-34)57-47-14-6-12-42(47)44-30-36(22-28-49(44)57)31-45-50(53(62)63)55-58(51(45)59)40-9-2-1-3-10-40/h1-4,7-10,15-31,41-42,46-47H,5-6,11-14H2,(H,60,61)(H,62,63)/b7-4+,16-15-,37-8+,45-31-. The van der Waals surface area contributed by atoms with Crippen molar-refractivity contribution in [1.29, 1.82) is 5.26 Å². The van der Waals surface area contributed by atoms with Crippen LogP contribution in [0.15, 0.2) is 144 Å². The van der Waals surface area contributed by atoms with Crippen molar-refractivity contribution in [2.24, 2.45) is 5.10 Å². The maximum absolute atomic E-state index is 13.5. The van der Waals surface area contributed by atoms with Crippen molar-refractivity contribution in [3.8, 4) is 6.07 Å². The Morgan fingerprint density at radius 2 is 1.19 bits per heavy atom. The Morgan fingerprint density at radius 1 is 0.651 bits per heavy atom. The van der Waals surface area contributed by atoms with Crippen LogP contribution >= 0.6 is 0 Å². The van der Waals surface area contributed by atoms with Gasteiger partial charge < -0.3 is 20.0 Å². The Hall–Kier alpha value is -7.77. The second-order valence-corrected chi connectivity index (χ2v) is 16.7. The summed E-state index contributed by atoms with van der Waals surface area (Å²) in [5, 5.41) is 33.5. The summed E-state index contributed by atoms with van der Waals surface area (Å²) in [6.07, 6.45) is 17.5. The first-order chi connectivity index (χ1) is 30.7. The van der Waals surface area contributed by atoms with E-state index < -0.39 is 17.8 Å². The Bertz CT molecular complexity index is 2870. The number of carboxylic acid groups (broad SMARTS) is 2. The zero-order chi connectivity index (χ0) is 43.2. The van der Waals surface area contributed by atoms with Gasteiger partial charge in [-0.1, -0.05) is 91.7 Å². The molecule has 10 heteroatoms. The molecule has 310 valence electrons. The van der Waals surface area contributed by atoms with Gasteiger partial charge in [0.1, 0.15) is 11.6 Å². The molecule has 5 aromatic rings. The zero-order valence-electron chi connectivity index (χ0n) is 34.3. The van der Waals surface area contributed by atoms with Gasteiger partial charge in [-0.25, -0.2) is 9.59 Å². The molecule has 4 atom stereocenters. The Kier molecular flexibility index (Phi) is 10.2. The second-order valence-electron chi connectivity index (χ2n) is 16.7. The number of carboxylic acids is 2. The normalized spacial score (nSPS) is 21.9. The highest BCUT2D eigenvalue weighted by atomic mass is 16.4. The largest absolute Gasteiger partial charge is 0.477 e. The van der Waals surface area contributed by atoms with Crippen molar-refractivity contribution >= 4 is 76.3 Å². The molecule has 63 heavy (non-hydrogen) atoms. The van der Waals surface area contributed by atoms with E-state index in [2.05, 4.69) is 99.8 Å². The number of allylic oxidation sites excluding steroid dienone is 2. The van der Waals surface area contributed by atoms with Crippen molar-refractivity contribution in [2.75, 3.05) is 14.8 Å². The first-order valence-corrected chi connectivity index (χ1v) is 21.5. The summed E-state index contributed by atoms with van der Waals surface area (Å²) in [7, 11) is 0. The summed E-state index contributed by atoms with van der Waals surface area (Å²) in [6, 6.07) is 41.4. The molecule has 10 nitrogen and oxygen atoms in total. The number of amides is 1. The first kappa shape index (κ1) is 39.4. The van der Waals surface area contributed by atoms with Gasteiger partial charge in [0.2, 0.25) is 0 Å². The van der Waals surface area contributed by atoms with Gasteiger partial charge in [0.05, 0.1) is 11.3 Å². The van der Waals surface area contributed by atoms with E-state index >= 15 is 0 Å². The average Bonchev–Trinajstić information content (AvgIpc) is 4.14. The number of carbonyl (C=O) groups is 3. The van der Waals surface area contributed by atoms with Crippen LogP contribution in [0.3, 0.4) is 0 Å². The number of rotatable bonds is 10. The Labute approximate surface area is 365 Å². The quantitative estimate of drug-likeness (QED) is 0.0614. The van der Waals surface area contributed by atoms with E-state index in [-0.39, 0.29) is 16.9 Å². The van der Waals surface area contributed by atoms with Gasteiger partial charge in [0, 0.05) is 46.7 Å². The molecule has 0 saturated heterocycles. The van der Waals surface area contributed by atoms with Gasteiger partial charge in [0.15, 0.2) is 5.71 Å². The van der Waals surface area contributed by atoms with Crippen LogP contribution < -0.4 is 14.8 Å². The highest BCUT2D eigenvalue weighted by Crippen LogP contribution is 2.54. The highest BCUT2D eigenvalue weighted by molar-refractivity contribution is 6.53. The smallest absolute Gasteiger partial charge is 0.357 e. The molecule has 2 fully saturated rings. The van der Waals surface area contributed by atoms with Crippen molar-refractivity contribution in [3.05, 3.63) is 172 Å². The number of anilines is 5. The molecule has 2 N–H and O–H groups in total. The molecule has 3 heterocycles. The lowest BCUT2D eigenvalue weighted by molar-refractivity contribution is -0.132. The number of hydrogen-bond donors (Lipinski definition) is 2. The number of nitrogens with zero attached hydrogens (tertiary/aromatic N) is 5. The first-order valence-electron chi connectivity index (χ1n) is 21.5. The fourth-order valence-corrected chi connectivity index (χ4v) is 10.3. The van der Waals surface area contributed by atoms with Crippen molar-refractivity contribution in [3.63, 3.8) is 0 Å². The summed E-state index contributed by atoms with van der Waals surface area (Å²) in [5.41, 5.74) is 11.2. The number of aliphatic carboxylic acids is 2. The van der Waals surface area contributed by atoms with Crippen molar-refractivity contribution < 1.29 is 24.6 Å². The average molecular weight is 830 g/mol. The van der Waals surface area contributed by atoms with Crippen molar-refractivity contribution in [2.45, 2.75) is 62.4 Å². The molecule has 2 saturated carbocycles. The molecule has 0 bridgehead atoms. The second kappa shape index (κ2) is 16.3. The van der Waals surface area contributed by atoms with Gasteiger partial charge in [0.25, 0.3) is 5.91 Å². The number of hydrogen-bond acceptors (Lipinski definition) is 7. The molecule has 2 aliphatic carbocycles. The zero-order valence-corrected chi connectivity index (χ0v) is 34.3. The van der Waals surface area contributed by atoms with Gasteiger partial charge in [-0.2, -0.15) is 15.4 Å². The molecule has 3 aliphatic heterocycles. The van der Waals surface area contributed by atoms with Gasteiger partial charge >= 0.3 is 11.9 Å². The lowest BCUT2D eigenvalue weighted by Crippen LogP contribution is -2.26. The van der Waals surface area contributed by atoms with E-state index in [1.54, 1.807) is 42.5 Å². The molecule has 0 aromatic heterocycles. The van der Waals surface area contributed by atoms with Crippen LogP contribution in [0.25, 0.3) is 24.3 Å². The lowest BCUT2D eigenvalue weighted by atomic mass is 9.95. The molecule has 10 rings (SSSR count). The number of nitriles is 1. The van der Waals surface area contributed by atoms with Crippen LogP contribution in [0.4, 0.5) is 28.4 Å². The topological polar surface area (TPSA) is 138 Å². The molecule has 4 unspecified atom stereocenters. The maximum Gasteiger partial charge on any atom is 0.357 e. The number of hydrazone groups is 1. The number of para-hydroxylation sites is 1. The van der Waals surface area contributed by atoms with Crippen LogP contribution in [-0.2, 0) is 14.4 Å². The lowest BCUT2D eigenvalue weighted by Gasteiger charge is -2.27. The molecule has 5 aromatic carbocycles. The fraction of sp³-hybridized carbons (Fsp3) is 0.189. The van der Waals surface area contributed by atoms with E-state index in [0.717, 1.165) is 70.7 Å². The minimum atomic E-state index is -1.24. The van der Waals surface area contributed by atoms with Crippen LogP contribution in [0.1, 0.15) is 83.7 Å². The van der Waals surface area contributed by atoms with Crippen LogP contribution in [0.2, 0.25) is 0 Å². The minimum Gasteiger partial charge on any atom is -0.477 e. The molecule has 1 amide bonds. The van der Waals surface area contributed by atoms with E-state index in [4.69, 9.17) is 10.4 Å². The summed E-state index contributed by atoms with van der Waals surface area (Å²) in [5.74, 6) is -2.15. The third-order valence-electron chi connectivity index (χ3n) is 13.1. The Morgan fingerprint density at radius 3 is 1.73 bits per heavy atom. The SMILES string of the molecule is N#C/C(=C\C=C\c1ccc2c(c1)C1CCCC1N2c1ccc(/C=C\c2ccc(N3c4ccc(/C=C5\C(=O)N(c6ccccc6)N=C5C(=O)O)cc4C4CCCC43)cc2)cc1)C(=O)O. The summed E-state index contributed by atoms with van der Waals surface area (Å²) >= 11 is 0. The van der Waals surface area contributed by atoms with Gasteiger partial charge in [-0.15, -0.1) is 0 Å². The minimum absolute atomic E-state index is 0.0663. The third kappa shape index (κ3) is 7.21. The van der Waals surface area contributed by atoms with E-state index in [9.17, 15) is 19.5 Å².